The molecule has 0 bridgehead atoms. The molecule has 0 fully saturated rings. The summed E-state index contributed by atoms with van der Waals surface area (Å²) in [6, 6.07) is 15.4. The molecule has 1 aromatic heterocycles. The lowest BCUT2D eigenvalue weighted by atomic mass is 9.94. The molecule has 9 nitrogen and oxygen atoms in total. The van der Waals surface area contributed by atoms with Gasteiger partial charge in [-0.1, -0.05) is 30.3 Å². The lowest BCUT2D eigenvalue weighted by Crippen LogP contribution is -2.57. The summed E-state index contributed by atoms with van der Waals surface area (Å²) in [7, 11) is 1.21. The van der Waals surface area contributed by atoms with Crippen LogP contribution >= 0.6 is 0 Å². The number of dihydropyridines is 1. The third-order valence-electron chi connectivity index (χ3n) is 5.75. The second kappa shape index (κ2) is 10.9. The number of allylic oxidation sites excluding steroid dienone is 1. The summed E-state index contributed by atoms with van der Waals surface area (Å²) in [6.07, 6.45) is 6.53. The van der Waals surface area contributed by atoms with Gasteiger partial charge in [-0.05, 0) is 48.0 Å². The van der Waals surface area contributed by atoms with Crippen molar-refractivity contribution in [2.45, 2.75) is 18.0 Å². The predicted molar refractivity (Wildman–Crippen MR) is 130 cm³/mol. The lowest BCUT2D eigenvalue weighted by Gasteiger charge is -2.31. The normalized spacial score (nSPS) is 17.4. The van der Waals surface area contributed by atoms with E-state index in [2.05, 4.69) is 20.2 Å². The minimum atomic E-state index is -1.39. The topological polar surface area (TPSA) is 115 Å². The second-order valence-electron chi connectivity index (χ2n) is 8.14. The number of benzene rings is 2. The quantitative estimate of drug-likeness (QED) is 0.353. The molecule has 1 aliphatic heterocycles. The maximum absolute atomic E-state index is 13.7. The van der Waals surface area contributed by atoms with Crippen LogP contribution in [-0.4, -0.2) is 53.3 Å². The number of ketones is 1. The number of aliphatic imine (C=N–C) groups is 1. The van der Waals surface area contributed by atoms with Crippen LogP contribution in [0.2, 0.25) is 0 Å². The molecular weight excluding hydrogens is 465 g/mol. The molecule has 0 spiro atoms. The van der Waals surface area contributed by atoms with Crippen LogP contribution in [0.3, 0.4) is 0 Å². The van der Waals surface area contributed by atoms with Crippen LogP contribution in [-0.2, 0) is 31.2 Å². The van der Waals surface area contributed by atoms with Gasteiger partial charge in [0.25, 0.3) is 5.91 Å². The highest BCUT2D eigenvalue weighted by atomic mass is 19.1. The van der Waals surface area contributed by atoms with Gasteiger partial charge in [0.1, 0.15) is 11.9 Å². The monoisotopic (exact) mass is 489 g/mol. The molecule has 0 saturated heterocycles. The van der Waals surface area contributed by atoms with Crippen LogP contribution in [0.4, 0.5) is 4.39 Å². The fourth-order valence-corrected chi connectivity index (χ4v) is 3.87. The molecule has 10 heteroatoms. The Morgan fingerprint density at radius 1 is 1.11 bits per heavy atom. The highest BCUT2D eigenvalue weighted by Gasteiger charge is 2.42. The number of amides is 2. The van der Waals surface area contributed by atoms with E-state index in [0.717, 1.165) is 5.56 Å². The number of hydrogen-bond donors (Lipinski definition) is 2. The molecule has 3 aromatic rings. The third kappa shape index (κ3) is 5.28. The molecule has 0 radical (unpaired) electrons. The number of nitrogens with zero attached hydrogens (tertiary/aromatic N) is 3. The van der Waals surface area contributed by atoms with Crippen molar-refractivity contribution in [3.05, 3.63) is 90.4 Å². The molecule has 2 amide bonds. The van der Waals surface area contributed by atoms with Crippen molar-refractivity contribution in [2.24, 2.45) is 4.99 Å². The van der Waals surface area contributed by atoms with Gasteiger partial charge in [-0.3, -0.25) is 28.9 Å². The van der Waals surface area contributed by atoms with E-state index < -0.39 is 29.2 Å². The van der Waals surface area contributed by atoms with Gasteiger partial charge in [0, 0.05) is 24.4 Å². The van der Waals surface area contributed by atoms with E-state index in [1.54, 1.807) is 67.0 Å². The van der Waals surface area contributed by atoms with E-state index in [1.807, 2.05) is 11.5 Å². The lowest BCUT2D eigenvalue weighted by molar-refractivity contribution is -0.146. The average molecular weight is 490 g/mol. The first-order valence-electron chi connectivity index (χ1n) is 11.1. The van der Waals surface area contributed by atoms with E-state index >= 15 is 0 Å². The summed E-state index contributed by atoms with van der Waals surface area (Å²) in [4.78, 5) is 47.7. The van der Waals surface area contributed by atoms with E-state index in [-0.39, 0.29) is 18.8 Å². The number of halogens is 1. The molecule has 1 aliphatic rings. The predicted octanol–water partition coefficient (Wildman–Crippen LogP) is 2.00. The SMILES string of the molecule is CONC(=O)C(=O)C(Cc1ccccc1)NC(=O)C1(n2ccc(-c3ccc(F)cc3)n2)C=CC=NC1. The number of carbonyl (C=O) groups excluding carboxylic acids is 3. The van der Waals surface area contributed by atoms with Crippen molar-refractivity contribution in [3.63, 3.8) is 0 Å². The number of hydroxylamine groups is 1. The van der Waals surface area contributed by atoms with Crippen LogP contribution in [0.15, 0.2) is 84.0 Å². The Hall–Kier alpha value is -4.44. The van der Waals surface area contributed by atoms with Crippen molar-refractivity contribution in [3.8, 4) is 11.3 Å². The highest BCUT2D eigenvalue weighted by molar-refractivity contribution is 6.38. The first-order valence-corrected chi connectivity index (χ1v) is 11.1. The summed E-state index contributed by atoms with van der Waals surface area (Å²) in [5.74, 6) is -2.78. The fourth-order valence-electron chi connectivity index (χ4n) is 3.87. The Balaban J connectivity index is 1.65. The molecule has 2 unspecified atom stereocenters. The standard InChI is InChI=1S/C26H24FN5O4/c1-36-31-24(34)23(33)22(16-18-6-3-2-4-7-18)29-25(35)26(13-5-14-28-17-26)32-15-12-21(30-32)19-8-10-20(27)11-9-19/h2-15,22H,16-17H2,1H3,(H,29,35)(H,31,34). The Labute approximate surface area is 206 Å². The first kappa shape index (κ1) is 24.7. The Morgan fingerprint density at radius 2 is 1.86 bits per heavy atom. The number of rotatable bonds is 9. The highest BCUT2D eigenvalue weighted by Crippen LogP contribution is 2.25. The van der Waals surface area contributed by atoms with E-state index in [1.165, 1.54) is 23.9 Å². The third-order valence-corrected chi connectivity index (χ3v) is 5.75. The summed E-state index contributed by atoms with van der Waals surface area (Å²) >= 11 is 0. The summed E-state index contributed by atoms with van der Waals surface area (Å²) in [6.45, 7) is 0.0242. The Kier molecular flexibility index (Phi) is 7.45. The van der Waals surface area contributed by atoms with Gasteiger partial charge in [-0.2, -0.15) is 5.10 Å². The van der Waals surface area contributed by atoms with Crippen molar-refractivity contribution in [2.75, 3.05) is 13.7 Å². The van der Waals surface area contributed by atoms with E-state index in [0.29, 0.717) is 11.3 Å². The van der Waals surface area contributed by atoms with Gasteiger partial charge in [-0.15, -0.1) is 0 Å². The molecule has 2 aromatic carbocycles. The smallest absolute Gasteiger partial charge is 0.313 e. The Morgan fingerprint density at radius 3 is 2.53 bits per heavy atom. The largest absolute Gasteiger partial charge is 0.343 e. The summed E-state index contributed by atoms with van der Waals surface area (Å²) in [5, 5.41) is 7.28. The zero-order chi connectivity index (χ0) is 25.5. The zero-order valence-electron chi connectivity index (χ0n) is 19.4. The van der Waals surface area contributed by atoms with Crippen LogP contribution in [0, 0.1) is 5.82 Å². The molecule has 36 heavy (non-hydrogen) atoms. The van der Waals surface area contributed by atoms with Gasteiger partial charge >= 0.3 is 5.91 Å². The molecule has 2 atom stereocenters. The van der Waals surface area contributed by atoms with Crippen LogP contribution in [0.1, 0.15) is 5.56 Å². The van der Waals surface area contributed by atoms with Gasteiger partial charge < -0.3 is 5.32 Å². The van der Waals surface area contributed by atoms with E-state index in [9.17, 15) is 18.8 Å². The number of carbonyl (C=O) groups is 3. The van der Waals surface area contributed by atoms with Gasteiger partial charge in [-0.25, -0.2) is 9.87 Å². The zero-order valence-corrected chi connectivity index (χ0v) is 19.4. The minimum Gasteiger partial charge on any atom is -0.343 e. The number of aromatic nitrogens is 2. The summed E-state index contributed by atoms with van der Waals surface area (Å²) < 4.78 is 14.8. The summed E-state index contributed by atoms with van der Waals surface area (Å²) in [5.41, 5.74) is 2.57. The van der Waals surface area contributed by atoms with Crippen LogP contribution in [0.25, 0.3) is 11.3 Å². The maximum Gasteiger partial charge on any atom is 0.313 e. The molecule has 0 saturated carbocycles. The number of Topliss-reactive ketones (excluding diaryl/α,β-unsaturated/α-hetero) is 1. The van der Waals surface area contributed by atoms with Crippen molar-refractivity contribution < 1.29 is 23.6 Å². The maximum atomic E-state index is 13.7. The van der Waals surface area contributed by atoms with Crippen molar-refractivity contribution in [1.29, 1.82) is 0 Å². The Bertz CT molecular complexity index is 1300. The van der Waals surface area contributed by atoms with Crippen LogP contribution < -0.4 is 10.8 Å². The molecule has 2 N–H and O–H groups in total. The molecule has 2 heterocycles. The first-order chi connectivity index (χ1) is 17.4. The van der Waals surface area contributed by atoms with Gasteiger partial charge in [0.05, 0.1) is 19.3 Å². The number of nitrogens with one attached hydrogen (secondary N) is 2. The fraction of sp³-hybridized carbons (Fsp3) is 0.192. The van der Waals surface area contributed by atoms with E-state index in [4.69, 9.17) is 0 Å². The van der Waals surface area contributed by atoms with Crippen LogP contribution in [0.5, 0.6) is 0 Å². The minimum absolute atomic E-state index is 0.0242. The average Bonchev–Trinajstić information content (AvgIpc) is 3.40. The number of hydrogen-bond acceptors (Lipinski definition) is 6. The molecular formula is C26H24FN5O4. The van der Waals surface area contributed by atoms with Gasteiger partial charge in [0.15, 0.2) is 5.54 Å². The molecule has 184 valence electrons. The van der Waals surface area contributed by atoms with Crippen molar-refractivity contribution in [1.82, 2.24) is 20.6 Å². The molecule has 0 aliphatic carbocycles. The van der Waals surface area contributed by atoms with Gasteiger partial charge in [0.2, 0.25) is 5.78 Å². The second-order valence-corrected chi connectivity index (χ2v) is 8.14. The van der Waals surface area contributed by atoms with Crippen molar-refractivity contribution >= 4 is 23.8 Å². The molecule has 4 rings (SSSR count).